The summed E-state index contributed by atoms with van der Waals surface area (Å²) in [4.78, 5) is 50.7. The highest BCUT2D eigenvalue weighted by Crippen LogP contribution is 2.50. The van der Waals surface area contributed by atoms with E-state index in [0.29, 0.717) is 44.4 Å². The fraction of sp³-hybridized carbons (Fsp3) is 0.622. The number of amides is 2. The molecule has 0 saturated carbocycles. The van der Waals surface area contributed by atoms with Gasteiger partial charge in [-0.05, 0) is 267 Å². The van der Waals surface area contributed by atoms with Crippen LogP contribution in [0.25, 0.3) is 33.8 Å². The van der Waals surface area contributed by atoms with Crippen LogP contribution >= 0.6 is 24.8 Å². The molecule has 2 amide bonds. The van der Waals surface area contributed by atoms with Gasteiger partial charge in [-0.15, -0.1) is 31.4 Å². The molecule has 8 heterocycles. The minimum absolute atomic E-state index is 0. The normalized spacial score (nSPS) is 22.2. The van der Waals surface area contributed by atoms with E-state index in [1.54, 1.807) is 15.9 Å². The Morgan fingerprint density at radius 1 is 0.487 bits per heavy atom. The lowest BCUT2D eigenvalue weighted by Gasteiger charge is -2.42. The molecule has 3 aliphatic carbocycles. The first-order valence-electron chi connectivity index (χ1n) is 43.8. The van der Waals surface area contributed by atoms with Gasteiger partial charge in [-0.3, -0.25) is 9.80 Å². The minimum atomic E-state index is -0.682. The predicted octanol–water partition coefficient (Wildman–Crippen LogP) is 19.4. The molecule has 3 aromatic heterocycles. The van der Waals surface area contributed by atoms with Gasteiger partial charge in [0.2, 0.25) is 0 Å². The molecule has 21 heteroatoms. The average molecular weight is 1680 g/mol. The summed E-state index contributed by atoms with van der Waals surface area (Å²) in [6.45, 7) is 59.2. The number of anilines is 3. The van der Waals surface area contributed by atoms with E-state index in [1.807, 2.05) is 69.2 Å². The van der Waals surface area contributed by atoms with Gasteiger partial charge in [0.25, 0.3) is 0 Å². The van der Waals surface area contributed by atoms with Gasteiger partial charge in [0.05, 0.1) is 49.0 Å². The van der Waals surface area contributed by atoms with Gasteiger partial charge in [-0.2, -0.15) is 0 Å². The molecule has 3 atom stereocenters. The predicted molar refractivity (Wildman–Crippen MR) is 494 cm³/mol. The number of rotatable bonds is 14. The Balaban J connectivity index is 0.000000188. The Labute approximate surface area is 727 Å². The molecule has 0 radical (unpaired) electrons. The zero-order valence-electron chi connectivity index (χ0n) is 76.3. The summed E-state index contributed by atoms with van der Waals surface area (Å²) in [5.74, 6) is 3.19. The Kier molecular flexibility index (Phi) is 30.7. The number of halogens is 2. The smallest absolute Gasteiger partial charge is 0.413 e. The highest BCUT2D eigenvalue weighted by molar-refractivity contribution is 5.85. The van der Waals surface area contributed by atoms with Crippen LogP contribution < -0.4 is 36.8 Å². The number of carbonyl (C=O) groups excluding carboxylic acids is 2. The number of fused-ring (bicyclic) bond motifs is 3. The molecule has 119 heavy (non-hydrogen) atoms. The zero-order valence-corrected chi connectivity index (χ0v) is 78.0. The van der Waals surface area contributed by atoms with Crippen LogP contribution in [0.1, 0.15) is 263 Å². The number of piperidine rings is 3. The van der Waals surface area contributed by atoms with E-state index in [1.165, 1.54) is 88.6 Å². The second-order valence-electron chi connectivity index (χ2n) is 41.5. The first kappa shape index (κ1) is 95.9. The number of pyridine rings is 3. The summed E-state index contributed by atoms with van der Waals surface area (Å²) >= 11 is 0. The standard InChI is InChI=1S/C35H52N4O3.C27H40N4O.C24H33N3.C12H21NO3.2ClH/c1-32(2,3)42-31(40)39-26(23-41-35(39,8)9)22-36-25-15-19-38(20-16-25)30-12-10-11-29(37-30)24-13-14-27-28(21-24)34(6,7)18-17-33(27,4)5;1-26(2)12-13-27(3,4)23-16-19(8-9-22(23)26)24-6-5-7-25(30-24)31-14-10-21(11-15-31)29-17-20(28)18-32;1-23(2)12-13-24(3,4)20-16-17(8-9-19(20)23)21-6-5-7-22(26-21)27-14-10-18(25)11-15-27;1-7-9-8-15-12(5,6)13(9)10(14)16-11(2,3)4;;/h10-14,21,25-26,36H,15-20,22-23H2,1-9H3;5-9,16,20-21,29,32H,10-15,17-18,28H2,1-4H3;5-9,16,18H,10-15,25H2,1-4H3;7,9H,1,8H2,2-6H3;2*1H/t26-;20-;;9-;;/m01.0../s1. The maximum Gasteiger partial charge on any atom is 0.413 e. The summed E-state index contributed by atoms with van der Waals surface area (Å²) < 4.78 is 22.6. The Bertz CT molecular complexity index is 4410. The van der Waals surface area contributed by atoms with Crippen molar-refractivity contribution < 1.29 is 33.6 Å². The topological polar surface area (TPSA) is 222 Å². The number of nitrogens with zero attached hydrogens (tertiary/aromatic N) is 8. The van der Waals surface area contributed by atoms with E-state index in [9.17, 15) is 9.59 Å². The molecular formula is C98H148Cl2N12O7. The van der Waals surface area contributed by atoms with E-state index >= 15 is 0 Å². The van der Waals surface area contributed by atoms with Crippen LogP contribution in [0.3, 0.4) is 0 Å². The van der Waals surface area contributed by atoms with Crippen LogP contribution in [0.4, 0.5) is 27.0 Å². The molecule has 0 bridgehead atoms. The van der Waals surface area contributed by atoms with Crippen molar-refractivity contribution in [3.63, 3.8) is 0 Å². The number of aromatic nitrogens is 3. The van der Waals surface area contributed by atoms with Gasteiger partial charge in [-0.25, -0.2) is 24.5 Å². The van der Waals surface area contributed by atoms with Crippen molar-refractivity contribution in [2.75, 3.05) is 86.9 Å². The average Bonchev–Trinajstić information content (AvgIpc) is 1.72. The summed E-state index contributed by atoms with van der Waals surface area (Å²) in [5, 5.41) is 16.3. The third-order valence-electron chi connectivity index (χ3n) is 26.2. The van der Waals surface area contributed by atoms with Gasteiger partial charge in [0.15, 0.2) is 0 Å². The number of aliphatic hydroxyl groups is 1. The number of ether oxygens (including phenoxy) is 4. The van der Waals surface area contributed by atoms with Crippen LogP contribution in [-0.4, -0.2) is 173 Å². The van der Waals surface area contributed by atoms with Gasteiger partial charge >= 0.3 is 12.2 Å². The fourth-order valence-corrected chi connectivity index (χ4v) is 18.4. The van der Waals surface area contributed by atoms with E-state index < -0.39 is 22.7 Å². The highest BCUT2D eigenvalue weighted by atomic mass is 35.5. The third kappa shape index (κ3) is 23.5. The largest absolute Gasteiger partial charge is 0.444 e. The molecule has 3 aromatic carbocycles. The highest BCUT2D eigenvalue weighted by Gasteiger charge is 2.48. The lowest BCUT2D eigenvalue weighted by Crippen LogP contribution is -2.54. The minimum Gasteiger partial charge on any atom is -0.444 e. The molecule has 5 saturated heterocycles. The van der Waals surface area contributed by atoms with Crippen LogP contribution in [0.5, 0.6) is 0 Å². The van der Waals surface area contributed by atoms with Crippen molar-refractivity contribution in [3.05, 3.63) is 155 Å². The first-order valence-corrected chi connectivity index (χ1v) is 43.8. The second-order valence-corrected chi connectivity index (χ2v) is 41.5. The molecule has 0 unspecified atom stereocenters. The lowest BCUT2D eigenvalue weighted by atomic mass is 9.63. The van der Waals surface area contributed by atoms with Crippen molar-refractivity contribution in [2.45, 2.75) is 321 Å². The van der Waals surface area contributed by atoms with Crippen molar-refractivity contribution in [1.82, 2.24) is 35.4 Å². The van der Waals surface area contributed by atoms with E-state index in [4.69, 9.17) is 50.5 Å². The monoisotopic (exact) mass is 1680 g/mol. The number of hydrogen-bond acceptors (Lipinski definition) is 17. The van der Waals surface area contributed by atoms with Gasteiger partial charge < -0.3 is 60.9 Å². The van der Waals surface area contributed by atoms with E-state index in [0.717, 1.165) is 112 Å². The maximum absolute atomic E-state index is 13.0. The van der Waals surface area contributed by atoms with E-state index in [-0.39, 0.29) is 94.2 Å². The summed E-state index contributed by atoms with van der Waals surface area (Å²) in [7, 11) is 0. The lowest BCUT2D eigenvalue weighted by molar-refractivity contribution is -0.0630. The van der Waals surface area contributed by atoms with Crippen molar-refractivity contribution in [2.24, 2.45) is 11.5 Å². The van der Waals surface area contributed by atoms with Crippen LogP contribution in [0, 0.1) is 0 Å². The summed E-state index contributed by atoms with van der Waals surface area (Å²) in [5.41, 5.74) is 26.6. The van der Waals surface area contributed by atoms with Gasteiger partial charge in [-0.1, -0.05) is 144 Å². The number of carbonyl (C=O) groups is 2. The zero-order chi connectivity index (χ0) is 85.2. The number of hydrogen-bond donors (Lipinski definition) is 5. The Morgan fingerprint density at radius 3 is 1.15 bits per heavy atom. The van der Waals surface area contributed by atoms with Crippen LogP contribution in [-0.2, 0) is 51.4 Å². The molecule has 19 nitrogen and oxygen atoms in total. The third-order valence-corrected chi connectivity index (χ3v) is 26.2. The molecule has 8 aliphatic rings. The number of benzene rings is 3. The van der Waals surface area contributed by atoms with Crippen molar-refractivity contribution >= 4 is 54.5 Å². The molecule has 14 rings (SSSR count). The summed E-state index contributed by atoms with van der Waals surface area (Å²) in [6.07, 6.45) is 14.7. The number of nitrogens with one attached hydrogen (secondary N) is 2. The quantitative estimate of drug-likeness (QED) is 0.0640. The molecule has 5 fully saturated rings. The Morgan fingerprint density at radius 2 is 0.807 bits per heavy atom. The van der Waals surface area contributed by atoms with Gasteiger partial charge in [0, 0.05) is 93.2 Å². The van der Waals surface area contributed by atoms with Crippen molar-refractivity contribution in [3.8, 4) is 33.8 Å². The SMILES string of the molecule is C=C[C@H]1COC(C)(C)N1C(=O)OC(C)(C)C.CC(C)(C)OC(=O)N1[C@@H](CNC2CCN(c3cccc(-c4ccc5c(c4)C(C)(C)CCC5(C)C)n3)CC2)COC1(C)C.CC1(C)CCC(C)(C)c2cc(-c3cccc(N4CCC(N)CC4)n3)ccc21.CC1(C)CCC(C)(C)c2cc(-c3cccc(N4CCC(NC[C@@H](N)CO)CC4)n3)ccc21.Cl.Cl. The van der Waals surface area contributed by atoms with Crippen LogP contribution in [0.2, 0.25) is 0 Å². The van der Waals surface area contributed by atoms with E-state index in [2.05, 4.69) is 224 Å². The molecule has 0 spiro atoms. The van der Waals surface area contributed by atoms with Gasteiger partial charge in [0.1, 0.15) is 40.1 Å². The number of aliphatic hydroxyl groups excluding tert-OH is 1. The second kappa shape index (κ2) is 38.1. The fourth-order valence-electron chi connectivity index (χ4n) is 18.4. The van der Waals surface area contributed by atoms with Crippen molar-refractivity contribution in [1.29, 1.82) is 0 Å². The molecule has 6 aromatic rings. The molecule has 7 N–H and O–H groups in total. The molecular weight excluding hydrogens is 1530 g/mol. The maximum atomic E-state index is 13.0. The molecule has 656 valence electrons. The molecule has 5 aliphatic heterocycles. The summed E-state index contributed by atoms with van der Waals surface area (Å²) in [6, 6.07) is 41.1. The van der Waals surface area contributed by atoms with Crippen LogP contribution in [0.15, 0.2) is 122 Å². The Hall–Kier alpha value is -6.91. The number of nitrogens with two attached hydrogens (primary N) is 2. The first-order chi connectivity index (χ1) is 54.7.